The molecule has 2 saturated heterocycles. The van der Waals surface area contributed by atoms with E-state index in [9.17, 15) is 13.2 Å². The number of halogens is 1. The Morgan fingerprint density at radius 2 is 1.61 bits per heavy atom. The highest BCUT2D eigenvalue weighted by Crippen LogP contribution is 2.27. The molecule has 1 aromatic carbocycles. The van der Waals surface area contributed by atoms with Crippen LogP contribution in [0.2, 0.25) is 0 Å². The van der Waals surface area contributed by atoms with Gasteiger partial charge in [-0.15, -0.1) is 12.4 Å². The maximum absolute atomic E-state index is 12.8. The standard InChI is InChI=1S/C19H29N3O4S.ClH/c1-20-16-9-11-21(12-10-16)19(23)15-7-13-22(14-8-15)27(24,25)18-5-3-17(26-2)4-6-18;/h3-6,15-16,20H,7-14H2,1-2H3;1H. The number of amides is 1. The molecule has 2 aliphatic rings. The summed E-state index contributed by atoms with van der Waals surface area (Å²) in [5.74, 6) is 0.741. The first-order chi connectivity index (χ1) is 13.0. The quantitative estimate of drug-likeness (QED) is 0.768. The van der Waals surface area contributed by atoms with Gasteiger partial charge in [0.1, 0.15) is 5.75 Å². The van der Waals surface area contributed by atoms with E-state index in [4.69, 9.17) is 4.74 Å². The van der Waals surface area contributed by atoms with Gasteiger partial charge < -0.3 is 15.0 Å². The van der Waals surface area contributed by atoms with Crippen molar-refractivity contribution in [2.45, 2.75) is 36.6 Å². The molecule has 0 saturated carbocycles. The van der Waals surface area contributed by atoms with Gasteiger partial charge in [-0.1, -0.05) is 0 Å². The van der Waals surface area contributed by atoms with Crippen molar-refractivity contribution >= 4 is 28.3 Å². The lowest BCUT2D eigenvalue weighted by Crippen LogP contribution is -2.48. The summed E-state index contributed by atoms with van der Waals surface area (Å²) in [7, 11) is -0.0195. The van der Waals surface area contributed by atoms with E-state index >= 15 is 0 Å². The second kappa shape index (κ2) is 9.91. The van der Waals surface area contributed by atoms with Crippen LogP contribution in [0.1, 0.15) is 25.7 Å². The number of nitrogens with zero attached hydrogens (tertiary/aromatic N) is 2. The highest BCUT2D eigenvalue weighted by atomic mass is 35.5. The monoisotopic (exact) mass is 431 g/mol. The van der Waals surface area contributed by atoms with Gasteiger partial charge in [-0.05, 0) is 57.0 Å². The Balaban J connectivity index is 0.00000280. The molecule has 2 heterocycles. The van der Waals surface area contributed by atoms with Crippen LogP contribution in [0, 0.1) is 5.92 Å². The molecule has 158 valence electrons. The SMILES string of the molecule is CNC1CCN(C(=O)C2CCN(S(=O)(=O)c3ccc(OC)cc3)CC2)CC1.Cl. The van der Waals surface area contributed by atoms with E-state index in [-0.39, 0.29) is 29.1 Å². The molecule has 0 aliphatic carbocycles. The number of piperidine rings is 2. The van der Waals surface area contributed by atoms with Crippen LogP contribution in [0.4, 0.5) is 0 Å². The molecule has 7 nitrogen and oxygen atoms in total. The number of likely N-dealkylation sites (tertiary alicyclic amines) is 1. The van der Waals surface area contributed by atoms with Crippen molar-refractivity contribution in [3.8, 4) is 5.75 Å². The molecule has 2 aliphatic heterocycles. The van der Waals surface area contributed by atoms with Crippen molar-refractivity contribution in [1.82, 2.24) is 14.5 Å². The van der Waals surface area contributed by atoms with Gasteiger partial charge >= 0.3 is 0 Å². The first kappa shape index (κ1) is 22.9. The number of hydrogen-bond acceptors (Lipinski definition) is 5. The number of benzene rings is 1. The van der Waals surface area contributed by atoms with Crippen molar-refractivity contribution < 1.29 is 17.9 Å². The van der Waals surface area contributed by atoms with E-state index in [0.29, 0.717) is 37.7 Å². The van der Waals surface area contributed by atoms with Crippen LogP contribution in [0.5, 0.6) is 5.75 Å². The zero-order valence-corrected chi connectivity index (χ0v) is 18.1. The number of ether oxygens (including phenoxy) is 1. The zero-order chi connectivity index (χ0) is 19.4. The molecule has 2 fully saturated rings. The average Bonchev–Trinajstić information content (AvgIpc) is 2.73. The van der Waals surface area contributed by atoms with Crippen LogP contribution >= 0.6 is 12.4 Å². The summed E-state index contributed by atoms with van der Waals surface area (Å²) in [6.07, 6.45) is 3.13. The van der Waals surface area contributed by atoms with E-state index in [1.54, 1.807) is 31.4 Å². The Labute approximate surface area is 173 Å². The minimum atomic E-state index is -3.53. The number of sulfonamides is 1. The summed E-state index contributed by atoms with van der Waals surface area (Å²) in [4.78, 5) is 15.0. The Morgan fingerprint density at radius 1 is 1.04 bits per heavy atom. The molecular weight excluding hydrogens is 402 g/mol. The molecule has 0 atom stereocenters. The molecule has 28 heavy (non-hydrogen) atoms. The molecule has 1 N–H and O–H groups in total. The third-order valence-corrected chi connectivity index (χ3v) is 7.63. The molecule has 0 bridgehead atoms. The molecule has 1 aromatic rings. The number of methoxy groups -OCH3 is 1. The smallest absolute Gasteiger partial charge is 0.243 e. The molecule has 0 radical (unpaired) electrons. The van der Waals surface area contributed by atoms with Crippen molar-refractivity contribution in [2.75, 3.05) is 40.3 Å². The number of nitrogens with one attached hydrogen (secondary N) is 1. The molecular formula is C19H30ClN3O4S. The van der Waals surface area contributed by atoms with Gasteiger partial charge in [-0.2, -0.15) is 4.31 Å². The van der Waals surface area contributed by atoms with Crippen LogP contribution < -0.4 is 10.1 Å². The molecule has 9 heteroatoms. The van der Waals surface area contributed by atoms with Crippen LogP contribution in [0.25, 0.3) is 0 Å². The molecule has 3 rings (SSSR count). The van der Waals surface area contributed by atoms with Gasteiger partial charge in [0.25, 0.3) is 0 Å². The van der Waals surface area contributed by atoms with Gasteiger partial charge in [-0.25, -0.2) is 8.42 Å². The zero-order valence-electron chi connectivity index (χ0n) is 16.5. The predicted octanol–water partition coefficient (Wildman–Crippen LogP) is 1.73. The summed E-state index contributed by atoms with van der Waals surface area (Å²) < 4.78 is 32.2. The highest BCUT2D eigenvalue weighted by molar-refractivity contribution is 7.89. The van der Waals surface area contributed by atoms with Crippen LogP contribution in [0.15, 0.2) is 29.2 Å². The minimum absolute atomic E-state index is 0. The maximum atomic E-state index is 12.8. The summed E-state index contributed by atoms with van der Waals surface area (Å²) in [5, 5.41) is 3.27. The third-order valence-electron chi connectivity index (χ3n) is 5.72. The van der Waals surface area contributed by atoms with E-state index in [1.165, 1.54) is 4.31 Å². The average molecular weight is 432 g/mol. The highest BCUT2D eigenvalue weighted by Gasteiger charge is 2.34. The van der Waals surface area contributed by atoms with Crippen molar-refractivity contribution in [3.05, 3.63) is 24.3 Å². The second-order valence-corrected chi connectivity index (χ2v) is 9.18. The van der Waals surface area contributed by atoms with Crippen LogP contribution in [-0.2, 0) is 14.8 Å². The summed E-state index contributed by atoms with van der Waals surface area (Å²) in [5.41, 5.74) is 0. The normalized spacial score (nSPS) is 19.9. The maximum Gasteiger partial charge on any atom is 0.243 e. The fourth-order valence-corrected chi connectivity index (χ4v) is 5.36. The first-order valence-corrected chi connectivity index (χ1v) is 11.0. The molecule has 1 amide bonds. The lowest BCUT2D eigenvalue weighted by atomic mass is 9.95. The minimum Gasteiger partial charge on any atom is -0.497 e. The predicted molar refractivity (Wildman–Crippen MR) is 110 cm³/mol. The van der Waals surface area contributed by atoms with Gasteiger partial charge in [0, 0.05) is 38.1 Å². The van der Waals surface area contributed by atoms with Crippen molar-refractivity contribution in [2.24, 2.45) is 5.92 Å². The number of carbonyl (C=O) groups excluding carboxylic acids is 1. The Bertz CT molecular complexity index is 741. The number of hydrogen-bond donors (Lipinski definition) is 1. The van der Waals surface area contributed by atoms with Crippen LogP contribution in [0.3, 0.4) is 0 Å². The van der Waals surface area contributed by atoms with Crippen molar-refractivity contribution in [1.29, 1.82) is 0 Å². The summed E-state index contributed by atoms with van der Waals surface area (Å²) in [6, 6.07) is 6.93. The van der Waals surface area contributed by atoms with Gasteiger partial charge in [-0.3, -0.25) is 4.79 Å². The first-order valence-electron chi connectivity index (χ1n) is 9.56. The van der Waals surface area contributed by atoms with Gasteiger partial charge in [0.2, 0.25) is 15.9 Å². The second-order valence-electron chi connectivity index (χ2n) is 7.24. The van der Waals surface area contributed by atoms with E-state index in [0.717, 1.165) is 25.9 Å². The van der Waals surface area contributed by atoms with Crippen molar-refractivity contribution in [3.63, 3.8) is 0 Å². The third kappa shape index (κ3) is 4.97. The van der Waals surface area contributed by atoms with Gasteiger partial charge in [0.05, 0.1) is 12.0 Å². The molecule has 0 aromatic heterocycles. The summed E-state index contributed by atoms with van der Waals surface area (Å²) in [6.45, 7) is 2.35. The largest absolute Gasteiger partial charge is 0.497 e. The van der Waals surface area contributed by atoms with Crippen LogP contribution in [-0.4, -0.2) is 69.9 Å². The van der Waals surface area contributed by atoms with Gasteiger partial charge in [0.15, 0.2) is 0 Å². The van der Waals surface area contributed by atoms with E-state index < -0.39 is 10.0 Å². The number of carbonyl (C=O) groups is 1. The van der Waals surface area contributed by atoms with E-state index in [1.807, 2.05) is 11.9 Å². The summed E-state index contributed by atoms with van der Waals surface area (Å²) >= 11 is 0. The topological polar surface area (TPSA) is 79.0 Å². The Kier molecular flexibility index (Phi) is 8.12. The molecule has 0 unspecified atom stereocenters. The molecule has 0 spiro atoms. The Morgan fingerprint density at radius 3 is 2.11 bits per heavy atom. The lowest BCUT2D eigenvalue weighted by Gasteiger charge is -2.37. The number of rotatable bonds is 5. The fourth-order valence-electron chi connectivity index (χ4n) is 3.89. The Hall–Kier alpha value is -1.35. The lowest BCUT2D eigenvalue weighted by molar-refractivity contribution is -0.137. The van der Waals surface area contributed by atoms with E-state index in [2.05, 4.69) is 5.32 Å². The fraction of sp³-hybridized carbons (Fsp3) is 0.632.